The number of rotatable bonds is 7. The Kier molecular flexibility index (Phi) is 6.39. The van der Waals surface area contributed by atoms with Gasteiger partial charge in [0, 0.05) is 6.54 Å². The number of hydrogen-bond acceptors (Lipinski definition) is 3. The zero-order chi connectivity index (χ0) is 18.6. The van der Waals surface area contributed by atoms with Crippen molar-refractivity contribution in [2.24, 2.45) is 0 Å². The molecule has 0 saturated carbocycles. The fourth-order valence-electron chi connectivity index (χ4n) is 2.59. The van der Waals surface area contributed by atoms with E-state index < -0.39 is 40.8 Å². The second-order valence-corrected chi connectivity index (χ2v) is 4.87. The third-order valence-corrected chi connectivity index (χ3v) is 3.57. The van der Waals surface area contributed by atoms with Crippen LogP contribution in [0.3, 0.4) is 0 Å². The van der Waals surface area contributed by atoms with Gasteiger partial charge in [-0.15, -0.1) is 0 Å². The van der Waals surface area contributed by atoms with Crippen LogP contribution in [0.25, 0.3) is 0 Å². The third-order valence-electron chi connectivity index (χ3n) is 3.57. The summed E-state index contributed by atoms with van der Waals surface area (Å²) in [6.45, 7) is 4.44. The van der Waals surface area contributed by atoms with Gasteiger partial charge in [0.1, 0.15) is 5.70 Å². The lowest BCUT2D eigenvalue weighted by Gasteiger charge is -2.28. The summed E-state index contributed by atoms with van der Waals surface area (Å²) in [4.78, 5) is 23.0. The molecule has 0 heterocycles. The SMILES string of the molecule is CCc1c(F)c(F)c(F)c(N(CC)/C(=C\C(=O)O)C(=O)O)c1CC. The van der Waals surface area contributed by atoms with Crippen molar-refractivity contribution in [3.63, 3.8) is 0 Å². The van der Waals surface area contributed by atoms with Crippen molar-refractivity contribution in [2.45, 2.75) is 33.6 Å². The predicted molar refractivity (Wildman–Crippen MR) is 81.4 cm³/mol. The van der Waals surface area contributed by atoms with Crippen LogP contribution in [-0.2, 0) is 22.4 Å². The lowest BCUT2D eigenvalue weighted by molar-refractivity contribution is -0.135. The van der Waals surface area contributed by atoms with Gasteiger partial charge in [-0.25, -0.2) is 22.8 Å². The molecular weight excluding hydrogens is 327 g/mol. The minimum Gasteiger partial charge on any atom is -0.478 e. The zero-order valence-corrected chi connectivity index (χ0v) is 13.5. The van der Waals surface area contributed by atoms with Crippen molar-refractivity contribution in [3.05, 3.63) is 40.4 Å². The molecule has 0 aliphatic carbocycles. The van der Waals surface area contributed by atoms with E-state index in [2.05, 4.69) is 0 Å². The minimum absolute atomic E-state index is 0.0649. The fraction of sp³-hybridized carbons (Fsp3) is 0.375. The van der Waals surface area contributed by atoms with Gasteiger partial charge in [-0.2, -0.15) is 0 Å². The summed E-state index contributed by atoms with van der Waals surface area (Å²) in [6.07, 6.45) is 0.572. The van der Waals surface area contributed by atoms with Crippen LogP contribution in [0.1, 0.15) is 31.9 Å². The highest BCUT2D eigenvalue weighted by Crippen LogP contribution is 2.35. The zero-order valence-electron chi connectivity index (χ0n) is 13.5. The fourth-order valence-corrected chi connectivity index (χ4v) is 2.59. The Morgan fingerprint density at radius 3 is 1.88 bits per heavy atom. The minimum atomic E-state index is -1.71. The largest absolute Gasteiger partial charge is 0.478 e. The first-order valence-electron chi connectivity index (χ1n) is 7.34. The number of aliphatic carboxylic acids is 2. The number of halogens is 3. The first-order valence-corrected chi connectivity index (χ1v) is 7.34. The molecule has 0 bridgehead atoms. The van der Waals surface area contributed by atoms with Crippen LogP contribution in [0.15, 0.2) is 11.8 Å². The van der Waals surface area contributed by atoms with Crippen molar-refractivity contribution >= 4 is 17.6 Å². The second-order valence-electron chi connectivity index (χ2n) is 4.87. The molecule has 132 valence electrons. The Morgan fingerprint density at radius 1 is 0.958 bits per heavy atom. The van der Waals surface area contributed by atoms with E-state index in [9.17, 15) is 27.9 Å². The van der Waals surface area contributed by atoms with Gasteiger partial charge >= 0.3 is 11.9 Å². The van der Waals surface area contributed by atoms with Crippen LogP contribution in [0, 0.1) is 17.5 Å². The molecule has 0 fully saturated rings. The molecule has 2 N–H and O–H groups in total. The van der Waals surface area contributed by atoms with E-state index in [0.29, 0.717) is 6.08 Å². The maximum absolute atomic E-state index is 14.4. The van der Waals surface area contributed by atoms with Crippen LogP contribution < -0.4 is 4.90 Å². The second kappa shape index (κ2) is 7.85. The van der Waals surface area contributed by atoms with Crippen LogP contribution in [-0.4, -0.2) is 28.7 Å². The number of nitrogens with zero attached hydrogens (tertiary/aromatic N) is 1. The number of hydrogen-bond donors (Lipinski definition) is 2. The van der Waals surface area contributed by atoms with Gasteiger partial charge in [0.05, 0.1) is 11.8 Å². The standard InChI is InChI=1S/C16H18F3NO4/c1-4-8-9(5-2)15(14(19)13(18)12(8)17)20(6-3)10(16(23)24)7-11(21)22/h7H,4-6H2,1-3H3,(H,21,22)(H,23,24)/b10-7-. The van der Waals surface area contributed by atoms with E-state index in [1.807, 2.05) is 0 Å². The summed E-state index contributed by atoms with van der Waals surface area (Å²) in [5.74, 6) is -7.74. The molecule has 0 aromatic heterocycles. The molecule has 5 nitrogen and oxygen atoms in total. The van der Waals surface area contributed by atoms with Crippen molar-refractivity contribution in [2.75, 3.05) is 11.4 Å². The number of carbonyl (C=O) groups is 2. The molecule has 0 atom stereocenters. The topological polar surface area (TPSA) is 77.8 Å². The Morgan fingerprint density at radius 2 is 1.50 bits per heavy atom. The molecule has 1 aromatic carbocycles. The van der Waals surface area contributed by atoms with Crippen LogP contribution in [0.2, 0.25) is 0 Å². The number of benzene rings is 1. The first-order chi connectivity index (χ1) is 11.2. The molecule has 24 heavy (non-hydrogen) atoms. The summed E-state index contributed by atoms with van der Waals surface area (Å²) in [6, 6.07) is 0. The molecular formula is C16H18F3NO4. The van der Waals surface area contributed by atoms with Crippen LogP contribution >= 0.6 is 0 Å². The van der Waals surface area contributed by atoms with Gasteiger partial charge in [-0.05, 0) is 30.9 Å². The Bertz CT molecular complexity index is 701. The van der Waals surface area contributed by atoms with Crippen molar-refractivity contribution in [3.8, 4) is 0 Å². The molecule has 0 radical (unpaired) electrons. The number of carboxylic acids is 2. The Hall–Kier alpha value is -2.51. The average Bonchev–Trinajstić information content (AvgIpc) is 2.53. The van der Waals surface area contributed by atoms with Crippen LogP contribution in [0.4, 0.5) is 18.9 Å². The monoisotopic (exact) mass is 345 g/mol. The summed E-state index contributed by atoms with van der Waals surface area (Å²) in [7, 11) is 0. The van der Waals surface area contributed by atoms with E-state index in [0.717, 1.165) is 4.90 Å². The average molecular weight is 345 g/mol. The molecule has 1 aromatic rings. The molecule has 0 aliphatic rings. The van der Waals surface area contributed by atoms with Crippen molar-refractivity contribution in [1.82, 2.24) is 0 Å². The number of carboxylic acid groups (broad SMARTS) is 2. The smallest absolute Gasteiger partial charge is 0.352 e. The van der Waals surface area contributed by atoms with Crippen molar-refractivity contribution < 1.29 is 33.0 Å². The number of likely N-dealkylation sites (N-methyl/N-ethyl adjacent to an activating group) is 1. The van der Waals surface area contributed by atoms with Crippen LogP contribution in [0.5, 0.6) is 0 Å². The molecule has 8 heteroatoms. The van der Waals surface area contributed by atoms with E-state index in [4.69, 9.17) is 5.11 Å². The molecule has 0 saturated heterocycles. The molecule has 0 spiro atoms. The van der Waals surface area contributed by atoms with Gasteiger partial charge in [0.2, 0.25) is 0 Å². The highest BCUT2D eigenvalue weighted by molar-refractivity contribution is 5.98. The summed E-state index contributed by atoms with van der Waals surface area (Å²) in [5, 5.41) is 18.1. The van der Waals surface area contributed by atoms with E-state index >= 15 is 0 Å². The Balaban J connectivity index is 3.83. The highest BCUT2D eigenvalue weighted by Gasteiger charge is 2.29. The predicted octanol–water partition coefficient (Wildman–Crippen LogP) is 3.11. The molecule has 0 unspecified atom stereocenters. The summed E-state index contributed by atoms with van der Waals surface area (Å²) < 4.78 is 42.3. The highest BCUT2D eigenvalue weighted by atomic mass is 19.2. The van der Waals surface area contributed by atoms with E-state index in [1.54, 1.807) is 13.8 Å². The van der Waals surface area contributed by atoms with E-state index in [-0.39, 0.29) is 30.5 Å². The van der Waals surface area contributed by atoms with Gasteiger partial charge in [0.15, 0.2) is 17.5 Å². The normalized spacial score (nSPS) is 11.5. The summed E-state index contributed by atoms with van der Waals surface area (Å²) >= 11 is 0. The van der Waals surface area contributed by atoms with Gasteiger partial charge < -0.3 is 15.1 Å². The number of anilines is 1. The Labute approximate surface area is 137 Å². The maximum Gasteiger partial charge on any atom is 0.352 e. The molecule has 1 rings (SSSR count). The van der Waals surface area contributed by atoms with E-state index in [1.165, 1.54) is 6.92 Å². The van der Waals surface area contributed by atoms with Crippen molar-refractivity contribution in [1.29, 1.82) is 0 Å². The lowest BCUT2D eigenvalue weighted by Crippen LogP contribution is -2.31. The van der Waals surface area contributed by atoms with Gasteiger partial charge in [-0.1, -0.05) is 13.8 Å². The summed E-state index contributed by atoms with van der Waals surface area (Å²) in [5.41, 5.74) is -1.16. The lowest BCUT2D eigenvalue weighted by atomic mass is 9.98. The van der Waals surface area contributed by atoms with Gasteiger partial charge in [-0.3, -0.25) is 0 Å². The van der Waals surface area contributed by atoms with Gasteiger partial charge in [0.25, 0.3) is 0 Å². The third kappa shape index (κ3) is 3.52. The molecule has 0 aliphatic heterocycles. The maximum atomic E-state index is 14.4. The molecule has 0 amide bonds. The first kappa shape index (κ1) is 19.5. The quantitative estimate of drug-likeness (QED) is 0.586.